The minimum Gasteiger partial charge on any atom is -0.486 e. The Labute approximate surface area is 128 Å². The van der Waals surface area contributed by atoms with E-state index >= 15 is 0 Å². The van der Waals surface area contributed by atoms with E-state index in [1.807, 2.05) is 28.2 Å². The molecule has 0 aliphatic heterocycles. The third kappa shape index (κ3) is 2.62. The van der Waals surface area contributed by atoms with Crippen LogP contribution in [-0.2, 0) is 6.61 Å². The third-order valence-electron chi connectivity index (χ3n) is 2.84. The van der Waals surface area contributed by atoms with Gasteiger partial charge in [0.1, 0.15) is 12.4 Å². The van der Waals surface area contributed by atoms with Crippen LogP contribution >= 0.6 is 27.3 Å². The second kappa shape index (κ2) is 5.38. The summed E-state index contributed by atoms with van der Waals surface area (Å²) in [6.07, 6.45) is 3.88. The number of ether oxygens (including phenoxy) is 1. The summed E-state index contributed by atoms with van der Waals surface area (Å²) in [5.41, 5.74) is 1.42. The molecule has 0 saturated carbocycles. The van der Waals surface area contributed by atoms with Gasteiger partial charge in [-0.05, 0) is 25.1 Å². The van der Waals surface area contributed by atoms with Gasteiger partial charge in [-0.25, -0.2) is 4.98 Å². The molecule has 3 rings (SSSR count). The topological polar surface area (TPSA) is 43.6 Å². The van der Waals surface area contributed by atoms with Crippen molar-refractivity contribution in [3.63, 3.8) is 0 Å². The Morgan fingerprint density at radius 2 is 2.35 bits per heavy atom. The molecule has 4 nitrogen and oxygen atoms in total. The lowest BCUT2D eigenvalue weighted by molar-refractivity contribution is 0.101. The van der Waals surface area contributed by atoms with Crippen LogP contribution in [0, 0.1) is 0 Å². The third-order valence-corrected chi connectivity index (χ3v) is 4.11. The average Bonchev–Trinajstić information content (AvgIpc) is 2.96. The van der Waals surface area contributed by atoms with E-state index in [0.29, 0.717) is 17.9 Å². The number of halogens is 1. The van der Waals surface area contributed by atoms with Crippen LogP contribution < -0.4 is 4.74 Å². The van der Waals surface area contributed by atoms with Gasteiger partial charge in [0.25, 0.3) is 0 Å². The highest BCUT2D eigenvalue weighted by atomic mass is 79.9. The standard InChI is InChI=1S/C14H11BrN2O2S/c1-9(18)12-3-2-10(15)6-13(12)19-8-11-7-17-4-5-20-14(17)16-11/h2-7H,8H2,1H3. The number of aromatic nitrogens is 2. The Morgan fingerprint density at radius 3 is 3.10 bits per heavy atom. The van der Waals surface area contributed by atoms with Gasteiger partial charge in [-0.1, -0.05) is 15.9 Å². The fraction of sp³-hybridized carbons (Fsp3) is 0.143. The van der Waals surface area contributed by atoms with Crippen molar-refractivity contribution < 1.29 is 9.53 Å². The normalized spacial score (nSPS) is 10.9. The highest BCUT2D eigenvalue weighted by Crippen LogP contribution is 2.25. The van der Waals surface area contributed by atoms with Crippen LogP contribution in [0.4, 0.5) is 0 Å². The number of thiazole rings is 1. The number of carbonyl (C=O) groups excluding carboxylic acids is 1. The first-order valence-electron chi connectivity index (χ1n) is 5.98. The number of hydrogen-bond acceptors (Lipinski definition) is 4. The predicted octanol–water partition coefficient (Wildman–Crippen LogP) is 3.94. The monoisotopic (exact) mass is 350 g/mol. The van der Waals surface area contributed by atoms with Crippen molar-refractivity contribution in [2.24, 2.45) is 0 Å². The molecule has 0 N–H and O–H groups in total. The molecule has 0 fully saturated rings. The average molecular weight is 351 g/mol. The summed E-state index contributed by atoms with van der Waals surface area (Å²) in [7, 11) is 0. The van der Waals surface area contributed by atoms with E-state index in [1.165, 1.54) is 6.92 Å². The van der Waals surface area contributed by atoms with Crippen molar-refractivity contribution in [1.29, 1.82) is 0 Å². The molecular formula is C14H11BrN2O2S. The van der Waals surface area contributed by atoms with Gasteiger partial charge in [0.05, 0.1) is 11.3 Å². The number of Topliss-reactive ketones (excluding diaryl/α,β-unsaturated/α-hetero) is 1. The number of benzene rings is 1. The van der Waals surface area contributed by atoms with E-state index in [9.17, 15) is 4.79 Å². The molecule has 0 unspecified atom stereocenters. The minimum atomic E-state index is -0.0154. The highest BCUT2D eigenvalue weighted by Gasteiger charge is 2.10. The first-order chi connectivity index (χ1) is 9.63. The van der Waals surface area contributed by atoms with Crippen molar-refractivity contribution >= 4 is 38.0 Å². The van der Waals surface area contributed by atoms with Crippen LogP contribution in [0.25, 0.3) is 4.96 Å². The van der Waals surface area contributed by atoms with Crippen molar-refractivity contribution in [1.82, 2.24) is 9.38 Å². The number of nitrogens with zero attached hydrogens (tertiary/aromatic N) is 2. The lowest BCUT2D eigenvalue weighted by atomic mass is 10.1. The molecule has 0 atom stereocenters. The molecule has 0 saturated heterocycles. The van der Waals surface area contributed by atoms with Crippen LogP contribution in [0.3, 0.4) is 0 Å². The number of rotatable bonds is 4. The summed E-state index contributed by atoms with van der Waals surface area (Å²) in [4.78, 5) is 17.0. The number of imidazole rings is 1. The molecule has 0 bridgehead atoms. The van der Waals surface area contributed by atoms with Crippen LogP contribution in [0.2, 0.25) is 0 Å². The highest BCUT2D eigenvalue weighted by molar-refractivity contribution is 9.10. The second-order valence-electron chi connectivity index (χ2n) is 4.31. The summed E-state index contributed by atoms with van der Waals surface area (Å²) in [5, 5.41) is 1.98. The van der Waals surface area contributed by atoms with Crippen molar-refractivity contribution in [2.45, 2.75) is 13.5 Å². The van der Waals surface area contributed by atoms with Gasteiger partial charge in [0, 0.05) is 22.2 Å². The van der Waals surface area contributed by atoms with E-state index < -0.39 is 0 Å². The summed E-state index contributed by atoms with van der Waals surface area (Å²) in [6.45, 7) is 1.87. The molecular weight excluding hydrogens is 340 g/mol. The predicted molar refractivity (Wildman–Crippen MR) is 81.5 cm³/mol. The molecule has 2 heterocycles. The molecule has 0 aliphatic rings. The van der Waals surface area contributed by atoms with Gasteiger partial charge < -0.3 is 4.74 Å². The lowest BCUT2D eigenvalue weighted by Crippen LogP contribution is -2.02. The van der Waals surface area contributed by atoms with E-state index in [4.69, 9.17) is 4.74 Å². The van der Waals surface area contributed by atoms with Crippen LogP contribution in [0.1, 0.15) is 23.0 Å². The maximum atomic E-state index is 11.6. The van der Waals surface area contributed by atoms with Crippen LogP contribution in [0.5, 0.6) is 5.75 Å². The first kappa shape index (κ1) is 13.3. The molecule has 102 valence electrons. The molecule has 3 aromatic rings. The van der Waals surface area contributed by atoms with Gasteiger partial charge >= 0.3 is 0 Å². The summed E-state index contributed by atoms with van der Waals surface area (Å²) in [5.74, 6) is 0.557. The largest absolute Gasteiger partial charge is 0.486 e. The number of carbonyl (C=O) groups is 1. The minimum absolute atomic E-state index is 0.0154. The van der Waals surface area contributed by atoms with Crippen molar-refractivity contribution in [3.05, 3.63) is 51.7 Å². The molecule has 0 aliphatic carbocycles. The fourth-order valence-corrected chi connectivity index (χ4v) is 2.96. The molecule has 20 heavy (non-hydrogen) atoms. The zero-order valence-corrected chi connectivity index (χ0v) is 13.1. The zero-order chi connectivity index (χ0) is 14.1. The van der Waals surface area contributed by atoms with Gasteiger partial charge in [-0.2, -0.15) is 0 Å². The Kier molecular flexibility index (Phi) is 3.58. The summed E-state index contributed by atoms with van der Waals surface area (Å²) >= 11 is 4.96. The van der Waals surface area contributed by atoms with Gasteiger partial charge in [-0.15, -0.1) is 11.3 Å². The molecule has 0 spiro atoms. The number of hydrogen-bond donors (Lipinski definition) is 0. The van der Waals surface area contributed by atoms with Crippen molar-refractivity contribution in [2.75, 3.05) is 0 Å². The summed E-state index contributed by atoms with van der Waals surface area (Å²) < 4.78 is 8.57. The van der Waals surface area contributed by atoms with Crippen LogP contribution in [0.15, 0.2) is 40.4 Å². The molecule has 6 heteroatoms. The second-order valence-corrected chi connectivity index (χ2v) is 6.10. The number of ketones is 1. The Hall–Kier alpha value is -1.66. The molecule has 0 radical (unpaired) electrons. The Balaban J connectivity index is 1.82. The smallest absolute Gasteiger partial charge is 0.193 e. The quantitative estimate of drug-likeness (QED) is 0.669. The van der Waals surface area contributed by atoms with E-state index in [0.717, 1.165) is 15.1 Å². The van der Waals surface area contributed by atoms with Gasteiger partial charge in [-0.3, -0.25) is 9.20 Å². The Bertz CT molecular complexity index is 750. The van der Waals surface area contributed by atoms with Crippen LogP contribution in [-0.4, -0.2) is 15.2 Å². The SMILES string of the molecule is CC(=O)c1ccc(Br)cc1OCc1cn2ccsc2n1. The van der Waals surface area contributed by atoms with E-state index in [1.54, 1.807) is 23.5 Å². The maximum absolute atomic E-state index is 11.6. The maximum Gasteiger partial charge on any atom is 0.193 e. The van der Waals surface area contributed by atoms with E-state index in [-0.39, 0.29) is 5.78 Å². The number of fused-ring (bicyclic) bond motifs is 1. The Morgan fingerprint density at radius 1 is 1.50 bits per heavy atom. The fourth-order valence-electron chi connectivity index (χ4n) is 1.90. The first-order valence-corrected chi connectivity index (χ1v) is 7.65. The molecule has 1 aromatic carbocycles. The van der Waals surface area contributed by atoms with E-state index in [2.05, 4.69) is 20.9 Å². The lowest BCUT2D eigenvalue weighted by Gasteiger charge is -2.09. The van der Waals surface area contributed by atoms with Gasteiger partial charge in [0.15, 0.2) is 10.7 Å². The molecule has 0 amide bonds. The summed E-state index contributed by atoms with van der Waals surface area (Å²) in [6, 6.07) is 5.39. The zero-order valence-electron chi connectivity index (χ0n) is 10.7. The van der Waals surface area contributed by atoms with Gasteiger partial charge in [0.2, 0.25) is 0 Å². The van der Waals surface area contributed by atoms with Crippen molar-refractivity contribution in [3.8, 4) is 5.75 Å². The molecule has 2 aromatic heterocycles.